The molecule has 0 fully saturated rings. The Morgan fingerprint density at radius 1 is 1.29 bits per heavy atom. The SMILES string of the molecule is CCCNc1ncccc1C(=O)NCCCNS(C)(=O)=O. The van der Waals surface area contributed by atoms with Gasteiger partial charge in [0.05, 0.1) is 11.8 Å². The molecule has 7 nitrogen and oxygen atoms in total. The van der Waals surface area contributed by atoms with Gasteiger partial charge in [0, 0.05) is 25.8 Å². The number of carbonyl (C=O) groups excluding carboxylic acids is 1. The Morgan fingerprint density at radius 2 is 2.05 bits per heavy atom. The molecule has 0 spiro atoms. The second kappa shape index (κ2) is 8.58. The van der Waals surface area contributed by atoms with Gasteiger partial charge < -0.3 is 10.6 Å². The minimum Gasteiger partial charge on any atom is -0.369 e. The average molecular weight is 314 g/mol. The fourth-order valence-electron chi connectivity index (χ4n) is 1.62. The second-order valence-corrected chi connectivity index (χ2v) is 6.44. The molecule has 1 rings (SSSR count). The summed E-state index contributed by atoms with van der Waals surface area (Å²) in [4.78, 5) is 16.2. The van der Waals surface area contributed by atoms with Crippen molar-refractivity contribution in [3.8, 4) is 0 Å². The zero-order valence-electron chi connectivity index (χ0n) is 12.3. The van der Waals surface area contributed by atoms with Crippen molar-refractivity contribution in [3.05, 3.63) is 23.9 Å². The van der Waals surface area contributed by atoms with Crippen molar-refractivity contribution in [1.82, 2.24) is 15.0 Å². The third-order valence-corrected chi connectivity index (χ3v) is 3.33. The maximum atomic E-state index is 12.1. The molecule has 0 saturated heterocycles. The predicted octanol–water partition coefficient (Wildman–Crippen LogP) is 0.573. The number of hydrogen-bond acceptors (Lipinski definition) is 5. The normalized spacial score (nSPS) is 11.1. The number of hydrogen-bond donors (Lipinski definition) is 3. The highest BCUT2D eigenvalue weighted by molar-refractivity contribution is 7.88. The molecule has 0 atom stereocenters. The van der Waals surface area contributed by atoms with E-state index in [4.69, 9.17) is 0 Å². The zero-order valence-corrected chi connectivity index (χ0v) is 13.2. The summed E-state index contributed by atoms with van der Waals surface area (Å²) in [6, 6.07) is 3.41. The van der Waals surface area contributed by atoms with Crippen molar-refractivity contribution in [1.29, 1.82) is 0 Å². The fourth-order valence-corrected chi connectivity index (χ4v) is 2.13. The molecule has 0 bridgehead atoms. The average Bonchev–Trinajstić information content (AvgIpc) is 2.43. The van der Waals surface area contributed by atoms with E-state index in [9.17, 15) is 13.2 Å². The van der Waals surface area contributed by atoms with Crippen LogP contribution in [-0.2, 0) is 10.0 Å². The highest BCUT2D eigenvalue weighted by Gasteiger charge is 2.11. The van der Waals surface area contributed by atoms with Crippen LogP contribution in [0.2, 0.25) is 0 Å². The van der Waals surface area contributed by atoms with Gasteiger partial charge in [-0.15, -0.1) is 0 Å². The van der Waals surface area contributed by atoms with Gasteiger partial charge in [-0.1, -0.05) is 6.92 Å². The summed E-state index contributed by atoms with van der Waals surface area (Å²) in [5.74, 6) is 0.340. The molecule has 0 aliphatic heterocycles. The summed E-state index contributed by atoms with van der Waals surface area (Å²) >= 11 is 0. The number of aromatic nitrogens is 1. The molecule has 0 unspecified atom stereocenters. The minimum absolute atomic E-state index is 0.221. The van der Waals surface area contributed by atoms with Gasteiger partial charge in [0.25, 0.3) is 5.91 Å². The van der Waals surface area contributed by atoms with Crippen molar-refractivity contribution in [2.45, 2.75) is 19.8 Å². The van der Waals surface area contributed by atoms with Crippen LogP contribution < -0.4 is 15.4 Å². The molecule has 21 heavy (non-hydrogen) atoms. The Balaban J connectivity index is 2.45. The lowest BCUT2D eigenvalue weighted by Gasteiger charge is -2.10. The van der Waals surface area contributed by atoms with Gasteiger partial charge in [-0.2, -0.15) is 0 Å². The third kappa shape index (κ3) is 7.05. The van der Waals surface area contributed by atoms with Gasteiger partial charge in [0.1, 0.15) is 5.82 Å². The monoisotopic (exact) mass is 314 g/mol. The van der Waals surface area contributed by atoms with Crippen LogP contribution in [-0.4, -0.2) is 45.2 Å². The molecular weight excluding hydrogens is 292 g/mol. The fraction of sp³-hybridized carbons (Fsp3) is 0.538. The number of nitrogens with zero attached hydrogens (tertiary/aromatic N) is 1. The lowest BCUT2D eigenvalue weighted by atomic mass is 10.2. The molecule has 0 radical (unpaired) electrons. The van der Waals surface area contributed by atoms with E-state index in [1.807, 2.05) is 6.92 Å². The lowest BCUT2D eigenvalue weighted by molar-refractivity contribution is 0.0954. The molecule has 0 aromatic carbocycles. The van der Waals surface area contributed by atoms with Crippen molar-refractivity contribution in [2.75, 3.05) is 31.2 Å². The van der Waals surface area contributed by atoms with Crippen LogP contribution in [0.4, 0.5) is 5.82 Å². The number of nitrogens with one attached hydrogen (secondary N) is 3. The molecule has 0 aliphatic rings. The minimum atomic E-state index is -3.18. The summed E-state index contributed by atoms with van der Waals surface area (Å²) in [7, 11) is -3.18. The highest BCUT2D eigenvalue weighted by atomic mass is 32.2. The third-order valence-electron chi connectivity index (χ3n) is 2.60. The molecule has 0 aliphatic carbocycles. The molecular formula is C13H22N4O3S. The summed E-state index contributed by atoms with van der Waals surface area (Å²) in [5, 5.41) is 5.85. The predicted molar refractivity (Wildman–Crippen MR) is 82.8 cm³/mol. The van der Waals surface area contributed by atoms with Crippen LogP contribution in [0.25, 0.3) is 0 Å². The smallest absolute Gasteiger partial charge is 0.255 e. The van der Waals surface area contributed by atoms with Crippen LogP contribution >= 0.6 is 0 Å². The number of anilines is 1. The van der Waals surface area contributed by atoms with E-state index in [1.54, 1.807) is 18.3 Å². The Morgan fingerprint density at radius 3 is 2.71 bits per heavy atom. The zero-order chi connectivity index (χ0) is 15.7. The largest absolute Gasteiger partial charge is 0.369 e. The van der Waals surface area contributed by atoms with Crippen LogP contribution in [0.3, 0.4) is 0 Å². The van der Waals surface area contributed by atoms with E-state index in [0.29, 0.717) is 30.9 Å². The van der Waals surface area contributed by atoms with E-state index in [1.165, 1.54) is 0 Å². The van der Waals surface area contributed by atoms with Crippen LogP contribution in [0, 0.1) is 0 Å². The first-order chi connectivity index (χ1) is 9.94. The molecule has 1 aromatic rings. The number of rotatable bonds is 9. The van der Waals surface area contributed by atoms with Gasteiger partial charge in [0.15, 0.2) is 0 Å². The van der Waals surface area contributed by atoms with Gasteiger partial charge >= 0.3 is 0 Å². The Labute approximate surface area is 125 Å². The molecule has 8 heteroatoms. The molecule has 1 heterocycles. The molecule has 0 saturated carbocycles. The lowest BCUT2D eigenvalue weighted by Crippen LogP contribution is -2.29. The van der Waals surface area contributed by atoms with Gasteiger partial charge in [0.2, 0.25) is 10.0 Å². The Bertz CT molecular complexity index is 560. The van der Waals surface area contributed by atoms with Crippen molar-refractivity contribution < 1.29 is 13.2 Å². The van der Waals surface area contributed by atoms with Gasteiger partial charge in [-0.05, 0) is 25.0 Å². The first-order valence-electron chi connectivity index (χ1n) is 6.85. The van der Waals surface area contributed by atoms with Gasteiger partial charge in [-0.25, -0.2) is 18.1 Å². The van der Waals surface area contributed by atoms with Crippen molar-refractivity contribution in [2.24, 2.45) is 0 Å². The highest BCUT2D eigenvalue weighted by Crippen LogP contribution is 2.11. The Hall–Kier alpha value is -1.67. The van der Waals surface area contributed by atoms with Crippen LogP contribution in [0.5, 0.6) is 0 Å². The maximum Gasteiger partial charge on any atom is 0.255 e. The van der Waals surface area contributed by atoms with E-state index in [2.05, 4.69) is 20.3 Å². The quantitative estimate of drug-likeness (QED) is 0.579. The number of carbonyl (C=O) groups is 1. The first kappa shape index (κ1) is 17.4. The van der Waals surface area contributed by atoms with Crippen LogP contribution in [0.15, 0.2) is 18.3 Å². The van der Waals surface area contributed by atoms with E-state index in [-0.39, 0.29) is 5.91 Å². The topological polar surface area (TPSA) is 100 Å². The van der Waals surface area contributed by atoms with Crippen molar-refractivity contribution >= 4 is 21.7 Å². The van der Waals surface area contributed by atoms with E-state index in [0.717, 1.165) is 19.2 Å². The van der Waals surface area contributed by atoms with E-state index >= 15 is 0 Å². The maximum absolute atomic E-state index is 12.1. The number of sulfonamides is 1. The van der Waals surface area contributed by atoms with Gasteiger partial charge in [-0.3, -0.25) is 4.79 Å². The second-order valence-electron chi connectivity index (χ2n) is 4.60. The van der Waals surface area contributed by atoms with Crippen LogP contribution in [0.1, 0.15) is 30.1 Å². The Kier molecular flexibility index (Phi) is 7.10. The van der Waals surface area contributed by atoms with Crippen molar-refractivity contribution in [3.63, 3.8) is 0 Å². The summed E-state index contributed by atoms with van der Waals surface area (Å²) in [6.45, 7) is 3.47. The summed E-state index contributed by atoms with van der Waals surface area (Å²) in [6.07, 6.45) is 4.20. The summed E-state index contributed by atoms with van der Waals surface area (Å²) in [5.41, 5.74) is 0.488. The molecule has 1 aromatic heterocycles. The summed E-state index contributed by atoms with van der Waals surface area (Å²) < 4.78 is 24.1. The molecule has 1 amide bonds. The number of pyridine rings is 1. The van der Waals surface area contributed by atoms with E-state index < -0.39 is 10.0 Å². The first-order valence-corrected chi connectivity index (χ1v) is 8.75. The molecule has 118 valence electrons. The standard InChI is InChI=1S/C13H22N4O3S/c1-3-7-14-12-11(6-4-8-15-12)13(18)16-9-5-10-17-21(2,19)20/h4,6,8,17H,3,5,7,9-10H2,1-2H3,(H,14,15)(H,16,18). The number of amides is 1. The molecule has 3 N–H and O–H groups in total.